The first-order chi connectivity index (χ1) is 20.4. The number of thiophene rings is 1. The largest absolute Gasteiger partial charge is 0.337 e. The summed E-state index contributed by atoms with van der Waals surface area (Å²) in [6, 6.07) is 10.5. The topological polar surface area (TPSA) is 129 Å². The molecule has 0 atom stereocenters. The van der Waals surface area contributed by atoms with Gasteiger partial charge in [0.25, 0.3) is 0 Å². The van der Waals surface area contributed by atoms with Gasteiger partial charge in [0.05, 0.1) is 27.2 Å². The molecule has 42 heavy (non-hydrogen) atoms. The Balaban J connectivity index is 1.25. The first-order valence-electron chi connectivity index (χ1n) is 13.8. The Morgan fingerprint density at radius 1 is 1.02 bits per heavy atom. The predicted octanol–water partition coefficient (Wildman–Crippen LogP) is 7.15. The molecular formula is C31H26FN7O2S. The summed E-state index contributed by atoms with van der Waals surface area (Å²) in [7, 11) is 0. The first kappa shape index (κ1) is 26.1. The first-order valence-corrected chi connectivity index (χ1v) is 14.7. The van der Waals surface area contributed by atoms with Crippen LogP contribution in [0.2, 0.25) is 0 Å². The van der Waals surface area contributed by atoms with E-state index in [-0.39, 0.29) is 23.1 Å². The van der Waals surface area contributed by atoms with Gasteiger partial charge in [0.15, 0.2) is 17.4 Å². The molecule has 0 saturated heterocycles. The molecule has 1 saturated carbocycles. The maximum Gasteiger partial charge on any atom is 0.227 e. The molecule has 0 radical (unpaired) electrons. The van der Waals surface area contributed by atoms with Gasteiger partial charge in [0.1, 0.15) is 22.4 Å². The van der Waals surface area contributed by atoms with Crippen LogP contribution in [0.4, 0.5) is 10.1 Å². The van der Waals surface area contributed by atoms with Gasteiger partial charge in [-0.25, -0.2) is 9.37 Å². The van der Waals surface area contributed by atoms with E-state index in [4.69, 9.17) is 4.98 Å². The minimum absolute atomic E-state index is 0.00441. The van der Waals surface area contributed by atoms with Crippen LogP contribution < -0.4 is 5.32 Å². The number of aromatic nitrogens is 6. The van der Waals surface area contributed by atoms with Crippen molar-refractivity contribution in [3.63, 3.8) is 0 Å². The second-order valence-corrected chi connectivity index (χ2v) is 11.7. The van der Waals surface area contributed by atoms with Crippen molar-refractivity contribution in [2.24, 2.45) is 5.92 Å². The van der Waals surface area contributed by atoms with Crippen molar-refractivity contribution >= 4 is 50.7 Å². The molecule has 11 heteroatoms. The number of anilines is 1. The highest BCUT2D eigenvalue weighted by atomic mass is 32.1. The van der Waals surface area contributed by atoms with Crippen molar-refractivity contribution in [2.75, 3.05) is 5.32 Å². The van der Waals surface area contributed by atoms with Crippen molar-refractivity contribution < 1.29 is 14.0 Å². The van der Waals surface area contributed by atoms with Crippen molar-refractivity contribution in [1.29, 1.82) is 0 Å². The molecule has 1 fully saturated rings. The van der Waals surface area contributed by atoms with Gasteiger partial charge >= 0.3 is 0 Å². The summed E-state index contributed by atoms with van der Waals surface area (Å²) in [6.45, 7) is 1.53. The SMILES string of the molecule is CC(=O)c1ccc(-c2nccc3[nH]c(-c4[nH]nc5c(F)cc(-c6cncc(NC(=O)C7CCCCC7)c6)cc45)nc23)s1. The number of H-pyrrole nitrogens is 2. The minimum atomic E-state index is -0.490. The van der Waals surface area contributed by atoms with Crippen LogP contribution in [0, 0.1) is 11.7 Å². The van der Waals surface area contributed by atoms with Crippen LogP contribution in [-0.4, -0.2) is 41.8 Å². The second kappa shape index (κ2) is 10.6. The van der Waals surface area contributed by atoms with Crippen molar-refractivity contribution in [1.82, 2.24) is 30.1 Å². The number of carbonyl (C=O) groups excluding carboxylic acids is 2. The van der Waals surface area contributed by atoms with Gasteiger partial charge in [-0.15, -0.1) is 11.3 Å². The fourth-order valence-electron chi connectivity index (χ4n) is 5.59. The normalized spacial score (nSPS) is 14.0. The second-order valence-electron chi connectivity index (χ2n) is 10.6. The number of hydrogen-bond acceptors (Lipinski definition) is 7. The maximum atomic E-state index is 15.3. The van der Waals surface area contributed by atoms with Gasteiger partial charge in [0.2, 0.25) is 5.91 Å². The van der Waals surface area contributed by atoms with Crippen LogP contribution in [0.15, 0.2) is 55.0 Å². The molecule has 0 aliphatic heterocycles. The highest BCUT2D eigenvalue weighted by Gasteiger charge is 2.22. The standard InChI is InChI=1S/C31H26FN7O2S/c1-16(40)24-7-8-25(42-24)29-28-23(9-10-34-29)36-30(37-28)27-21-12-18(13-22(32)26(21)38-39-27)19-11-20(15-33-14-19)35-31(41)17-5-3-2-4-6-17/h7-15,17H,2-6H2,1H3,(H,35,41)(H,36,37)(H,38,39). The average Bonchev–Trinajstić information content (AvgIpc) is 3.76. The Morgan fingerprint density at radius 3 is 2.69 bits per heavy atom. The molecular weight excluding hydrogens is 553 g/mol. The van der Waals surface area contributed by atoms with Gasteiger partial charge in [-0.3, -0.25) is 24.7 Å². The lowest BCUT2D eigenvalue weighted by molar-refractivity contribution is -0.120. The van der Waals surface area contributed by atoms with E-state index in [0.717, 1.165) is 36.1 Å². The van der Waals surface area contributed by atoms with E-state index in [2.05, 4.69) is 30.5 Å². The summed E-state index contributed by atoms with van der Waals surface area (Å²) in [6.07, 6.45) is 10.0. The van der Waals surface area contributed by atoms with E-state index in [1.807, 2.05) is 24.3 Å². The van der Waals surface area contributed by atoms with Gasteiger partial charge in [0, 0.05) is 29.3 Å². The van der Waals surface area contributed by atoms with Crippen molar-refractivity contribution in [3.8, 4) is 33.2 Å². The summed E-state index contributed by atoms with van der Waals surface area (Å²) in [4.78, 5) is 43.0. The van der Waals surface area contributed by atoms with Crippen LogP contribution >= 0.6 is 11.3 Å². The van der Waals surface area contributed by atoms with E-state index in [0.29, 0.717) is 49.8 Å². The number of hydrogen-bond donors (Lipinski definition) is 3. The zero-order valence-electron chi connectivity index (χ0n) is 22.7. The Kier molecular flexibility index (Phi) is 6.58. The highest BCUT2D eigenvalue weighted by Crippen LogP contribution is 2.36. The van der Waals surface area contributed by atoms with E-state index in [9.17, 15) is 9.59 Å². The van der Waals surface area contributed by atoms with Crippen LogP contribution in [-0.2, 0) is 4.79 Å². The zero-order valence-corrected chi connectivity index (χ0v) is 23.5. The van der Waals surface area contributed by atoms with Crippen molar-refractivity contribution in [3.05, 3.63) is 65.7 Å². The van der Waals surface area contributed by atoms with Gasteiger partial charge in [-0.2, -0.15) is 5.10 Å². The number of pyridine rings is 2. The Labute approximate surface area is 243 Å². The third-order valence-electron chi connectivity index (χ3n) is 7.75. The number of halogens is 1. The molecule has 9 nitrogen and oxygen atoms in total. The number of imidazole rings is 1. The molecule has 1 aliphatic rings. The van der Waals surface area contributed by atoms with Gasteiger partial charge in [-0.1, -0.05) is 19.3 Å². The molecule has 3 N–H and O–H groups in total. The van der Waals surface area contributed by atoms with Crippen molar-refractivity contribution in [2.45, 2.75) is 39.0 Å². The summed E-state index contributed by atoms with van der Waals surface area (Å²) < 4.78 is 15.3. The number of fused-ring (bicyclic) bond motifs is 2. The Hall–Kier alpha value is -4.77. The lowest BCUT2D eigenvalue weighted by atomic mass is 9.88. The molecule has 1 aromatic carbocycles. The summed E-state index contributed by atoms with van der Waals surface area (Å²) in [5.41, 5.74) is 4.59. The number of nitrogens with zero attached hydrogens (tertiary/aromatic N) is 4. The Morgan fingerprint density at radius 2 is 1.88 bits per heavy atom. The summed E-state index contributed by atoms with van der Waals surface area (Å²) >= 11 is 1.36. The van der Waals surface area contributed by atoms with E-state index < -0.39 is 5.82 Å². The highest BCUT2D eigenvalue weighted by molar-refractivity contribution is 7.17. The van der Waals surface area contributed by atoms with Crippen LogP contribution in [0.1, 0.15) is 48.7 Å². The van der Waals surface area contributed by atoms with Crippen LogP contribution in [0.3, 0.4) is 0 Å². The molecule has 210 valence electrons. The van der Waals surface area contributed by atoms with Crippen LogP contribution in [0.25, 0.3) is 55.2 Å². The number of amides is 1. The third kappa shape index (κ3) is 4.75. The zero-order chi connectivity index (χ0) is 28.8. The quantitative estimate of drug-likeness (QED) is 0.180. The predicted molar refractivity (Wildman–Crippen MR) is 161 cm³/mol. The number of nitrogens with one attached hydrogen (secondary N) is 3. The number of rotatable bonds is 6. The van der Waals surface area contributed by atoms with Gasteiger partial charge < -0.3 is 10.3 Å². The smallest absolute Gasteiger partial charge is 0.227 e. The lowest BCUT2D eigenvalue weighted by Crippen LogP contribution is -2.24. The molecule has 5 aromatic heterocycles. The fourth-order valence-corrected chi connectivity index (χ4v) is 6.49. The maximum absolute atomic E-state index is 15.3. The molecule has 1 aliphatic carbocycles. The summed E-state index contributed by atoms with van der Waals surface area (Å²) in [5.74, 6) is 0.00500. The molecule has 0 spiro atoms. The van der Waals surface area contributed by atoms with Gasteiger partial charge in [-0.05, 0) is 61.7 Å². The molecule has 0 bridgehead atoms. The lowest BCUT2D eigenvalue weighted by Gasteiger charge is -2.20. The van der Waals surface area contributed by atoms with Crippen LogP contribution in [0.5, 0.6) is 0 Å². The number of carbonyl (C=O) groups is 2. The molecule has 5 heterocycles. The van der Waals surface area contributed by atoms with E-state index in [1.165, 1.54) is 30.7 Å². The minimum Gasteiger partial charge on any atom is -0.337 e. The van der Waals surface area contributed by atoms with E-state index >= 15 is 4.39 Å². The number of Topliss-reactive ketones (excluding diaryl/α,β-unsaturated/α-hetero) is 1. The average molecular weight is 580 g/mol. The third-order valence-corrected chi connectivity index (χ3v) is 8.94. The molecule has 6 aromatic rings. The monoisotopic (exact) mass is 579 g/mol. The fraction of sp³-hybridized carbons (Fsp3) is 0.226. The molecule has 0 unspecified atom stereocenters. The number of ketones is 1. The number of benzene rings is 1. The summed E-state index contributed by atoms with van der Waals surface area (Å²) in [5, 5.41) is 10.7. The molecule has 7 rings (SSSR count). The number of aromatic amines is 2. The molecule has 1 amide bonds. The Bertz CT molecular complexity index is 1990. The van der Waals surface area contributed by atoms with E-state index in [1.54, 1.807) is 24.7 Å².